The molecule has 1 aliphatic heterocycles. The summed E-state index contributed by atoms with van der Waals surface area (Å²) in [5.41, 5.74) is 0. The van der Waals surface area contributed by atoms with Crippen LogP contribution in [0.4, 0.5) is 4.39 Å². The summed E-state index contributed by atoms with van der Waals surface area (Å²) >= 11 is 1.70. The fourth-order valence-corrected chi connectivity index (χ4v) is 2.81. The molecule has 4 heteroatoms. The first-order valence-electron chi connectivity index (χ1n) is 5.54. The molecule has 0 saturated carbocycles. The van der Waals surface area contributed by atoms with Crippen LogP contribution in [0.15, 0.2) is 29.2 Å². The van der Waals surface area contributed by atoms with Crippen molar-refractivity contribution in [3.05, 3.63) is 30.1 Å². The Morgan fingerprint density at radius 3 is 2.81 bits per heavy atom. The predicted octanol–water partition coefficient (Wildman–Crippen LogP) is 2.03. The maximum absolute atomic E-state index is 12.7. The third-order valence-electron chi connectivity index (χ3n) is 2.73. The highest BCUT2D eigenvalue weighted by molar-refractivity contribution is 7.99. The van der Waals surface area contributed by atoms with Gasteiger partial charge < -0.3 is 10.4 Å². The summed E-state index contributed by atoms with van der Waals surface area (Å²) in [6, 6.07) is 6.90. The Hall–Kier alpha value is -0.580. The van der Waals surface area contributed by atoms with E-state index in [0.717, 1.165) is 30.0 Å². The van der Waals surface area contributed by atoms with E-state index >= 15 is 0 Å². The predicted molar refractivity (Wildman–Crippen MR) is 64.2 cm³/mol. The van der Waals surface area contributed by atoms with E-state index in [1.807, 2.05) is 0 Å². The minimum Gasteiger partial charge on any atom is -0.393 e. The van der Waals surface area contributed by atoms with Gasteiger partial charge in [0.15, 0.2) is 0 Å². The number of halogens is 1. The zero-order valence-electron chi connectivity index (χ0n) is 9.03. The largest absolute Gasteiger partial charge is 0.393 e. The molecule has 2 rings (SSSR count). The summed E-state index contributed by atoms with van der Waals surface area (Å²) in [5.74, 6) is 0.721. The topological polar surface area (TPSA) is 32.3 Å². The first-order valence-corrected chi connectivity index (χ1v) is 6.52. The van der Waals surface area contributed by atoms with Crippen molar-refractivity contribution >= 4 is 11.8 Å². The number of hydrogen-bond acceptors (Lipinski definition) is 3. The van der Waals surface area contributed by atoms with E-state index in [1.165, 1.54) is 12.1 Å². The first kappa shape index (κ1) is 11.9. The Balaban J connectivity index is 1.80. The maximum Gasteiger partial charge on any atom is 0.123 e. The summed E-state index contributed by atoms with van der Waals surface area (Å²) < 4.78 is 12.7. The molecule has 2 N–H and O–H groups in total. The van der Waals surface area contributed by atoms with Crippen molar-refractivity contribution < 1.29 is 9.50 Å². The Morgan fingerprint density at radius 1 is 1.38 bits per heavy atom. The van der Waals surface area contributed by atoms with Gasteiger partial charge in [0.1, 0.15) is 5.82 Å². The van der Waals surface area contributed by atoms with Crippen LogP contribution in [0.2, 0.25) is 0 Å². The molecule has 1 aliphatic rings. The van der Waals surface area contributed by atoms with Gasteiger partial charge >= 0.3 is 0 Å². The molecule has 2 unspecified atom stereocenters. The minimum absolute atomic E-state index is 0.167. The first-order chi connectivity index (χ1) is 7.74. The van der Waals surface area contributed by atoms with Crippen molar-refractivity contribution in [3.63, 3.8) is 0 Å². The number of thioether (sulfide) groups is 1. The smallest absolute Gasteiger partial charge is 0.123 e. The number of nitrogens with one attached hydrogen (secondary N) is 1. The molecule has 88 valence electrons. The van der Waals surface area contributed by atoms with Crippen LogP contribution in [-0.4, -0.2) is 29.5 Å². The molecular formula is C12H16FNOS. The molecule has 16 heavy (non-hydrogen) atoms. The van der Waals surface area contributed by atoms with Crippen molar-refractivity contribution in [1.82, 2.24) is 5.32 Å². The summed E-state index contributed by atoms with van der Waals surface area (Å²) in [6.07, 6.45) is 1.49. The van der Waals surface area contributed by atoms with Gasteiger partial charge in [0, 0.05) is 16.7 Å². The van der Waals surface area contributed by atoms with Crippen LogP contribution in [0.25, 0.3) is 0 Å². The van der Waals surface area contributed by atoms with Gasteiger partial charge in [-0.25, -0.2) is 4.39 Å². The van der Waals surface area contributed by atoms with Crippen molar-refractivity contribution in [2.45, 2.75) is 29.9 Å². The molecule has 2 atom stereocenters. The van der Waals surface area contributed by atoms with Crippen LogP contribution in [0.5, 0.6) is 0 Å². The van der Waals surface area contributed by atoms with Crippen LogP contribution in [0, 0.1) is 5.82 Å². The van der Waals surface area contributed by atoms with Crippen molar-refractivity contribution in [1.29, 1.82) is 0 Å². The van der Waals surface area contributed by atoms with Gasteiger partial charge in [-0.2, -0.15) is 0 Å². The molecule has 1 fully saturated rings. The van der Waals surface area contributed by atoms with Crippen LogP contribution in [-0.2, 0) is 0 Å². The quantitative estimate of drug-likeness (QED) is 0.794. The second-order valence-corrected chi connectivity index (χ2v) is 5.19. The lowest BCUT2D eigenvalue weighted by molar-refractivity contribution is 0.121. The molecule has 2 nitrogen and oxygen atoms in total. The van der Waals surface area contributed by atoms with Crippen molar-refractivity contribution in [2.75, 3.05) is 12.3 Å². The molecule has 1 heterocycles. The molecular weight excluding hydrogens is 225 g/mol. The molecule has 0 bridgehead atoms. The number of piperidine rings is 1. The highest BCUT2D eigenvalue weighted by Gasteiger charge is 2.19. The lowest BCUT2D eigenvalue weighted by Gasteiger charge is -2.26. The Morgan fingerprint density at radius 2 is 2.12 bits per heavy atom. The van der Waals surface area contributed by atoms with Crippen LogP contribution in [0.1, 0.15) is 12.8 Å². The van der Waals surface area contributed by atoms with Crippen molar-refractivity contribution in [2.24, 2.45) is 0 Å². The van der Waals surface area contributed by atoms with E-state index in [0.29, 0.717) is 6.04 Å². The van der Waals surface area contributed by atoms with Crippen LogP contribution < -0.4 is 5.32 Å². The van der Waals surface area contributed by atoms with E-state index < -0.39 is 0 Å². The fraction of sp³-hybridized carbons (Fsp3) is 0.500. The Labute approximate surface area is 99.2 Å². The number of benzene rings is 1. The zero-order valence-corrected chi connectivity index (χ0v) is 9.84. The van der Waals surface area contributed by atoms with E-state index in [9.17, 15) is 9.50 Å². The Kier molecular flexibility index (Phi) is 4.21. The minimum atomic E-state index is -0.199. The number of hydrogen-bond donors (Lipinski definition) is 2. The lowest BCUT2D eigenvalue weighted by Crippen LogP contribution is -2.41. The second-order valence-electron chi connectivity index (χ2n) is 4.09. The van der Waals surface area contributed by atoms with Crippen molar-refractivity contribution in [3.8, 4) is 0 Å². The Bertz CT molecular complexity index is 330. The third-order valence-corrected chi connectivity index (χ3v) is 3.91. The average molecular weight is 241 g/mol. The van der Waals surface area contributed by atoms with Gasteiger partial charge in [0.2, 0.25) is 0 Å². The standard InChI is InChI=1S/C12H16FNOS/c13-9-1-3-12(4-2-9)16-8-10-7-11(15)5-6-14-10/h1-4,10-11,14-15H,5-8H2. The molecule has 0 aliphatic carbocycles. The fourth-order valence-electron chi connectivity index (χ4n) is 1.84. The van der Waals surface area contributed by atoms with Crippen LogP contribution >= 0.6 is 11.8 Å². The number of aliphatic hydroxyl groups is 1. The van der Waals surface area contributed by atoms with Gasteiger partial charge in [-0.3, -0.25) is 0 Å². The monoisotopic (exact) mass is 241 g/mol. The highest BCUT2D eigenvalue weighted by atomic mass is 32.2. The maximum atomic E-state index is 12.7. The highest BCUT2D eigenvalue weighted by Crippen LogP contribution is 2.21. The molecule has 0 spiro atoms. The molecule has 1 aromatic rings. The average Bonchev–Trinajstić information content (AvgIpc) is 2.28. The third kappa shape index (κ3) is 3.47. The molecule has 0 amide bonds. The summed E-state index contributed by atoms with van der Waals surface area (Å²) in [5, 5.41) is 12.9. The lowest BCUT2D eigenvalue weighted by atomic mass is 10.0. The van der Waals surface area contributed by atoms with Gasteiger partial charge in [0.25, 0.3) is 0 Å². The van der Waals surface area contributed by atoms with E-state index in [2.05, 4.69) is 5.32 Å². The summed E-state index contributed by atoms with van der Waals surface area (Å²) in [7, 11) is 0. The molecule has 1 saturated heterocycles. The van der Waals surface area contributed by atoms with Gasteiger partial charge in [-0.15, -0.1) is 11.8 Å². The summed E-state index contributed by atoms with van der Waals surface area (Å²) in [6.45, 7) is 0.885. The van der Waals surface area contributed by atoms with E-state index in [-0.39, 0.29) is 11.9 Å². The zero-order chi connectivity index (χ0) is 11.4. The SMILES string of the molecule is OC1CCNC(CSc2ccc(F)cc2)C1. The van der Waals surface area contributed by atoms with Gasteiger partial charge in [-0.1, -0.05) is 0 Å². The van der Waals surface area contributed by atoms with Gasteiger partial charge in [-0.05, 0) is 43.7 Å². The number of aliphatic hydroxyl groups excluding tert-OH is 1. The number of rotatable bonds is 3. The van der Waals surface area contributed by atoms with E-state index in [1.54, 1.807) is 23.9 Å². The van der Waals surface area contributed by atoms with E-state index in [4.69, 9.17) is 0 Å². The summed E-state index contributed by atoms with van der Waals surface area (Å²) in [4.78, 5) is 1.07. The second kappa shape index (κ2) is 5.66. The molecule has 1 aromatic carbocycles. The van der Waals surface area contributed by atoms with Crippen LogP contribution in [0.3, 0.4) is 0 Å². The van der Waals surface area contributed by atoms with Gasteiger partial charge in [0.05, 0.1) is 6.10 Å². The normalized spacial score (nSPS) is 25.6. The molecule has 0 radical (unpaired) electrons. The molecule has 0 aromatic heterocycles.